The van der Waals surface area contributed by atoms with Gasteiger partial charge in [0.05, 0.1) is 12.3 Å². The predicted molar refractivity (Wildman–Crippen MR) is 172 cm³/mol. The van der Waals surface area contributed by atoms with Crippen LogP contribution in [0.2, 0.25) is 0 Å². The Morgan fingerprint density at radius 2 is 1.44 bits per heavy atom. The lowest BCUT2D eigenvalue weighted by Gasteiger charge is -2.33. The van der Waals surface area contributed by atoms with Gasteiger partial charge in [-0.3, -0.25) is 9.59 Å². The lowest BCUT2D eigenvalue weighted by atomic mass is 9.93. The van der Waals surface area contributed by atoms with E-state index in [1.165, 1.54) is 32.1 Å². The number of hydrogen-bond donors (Lipinski definition) is 2. The maximum atomic E-state index is 13.5. The van der Waals surface area contributed by atoms with Crippen molar-refractivity contribution in [2.75, 3.05) is 24.7 Å². The molecule has 7 nitrogen and oxygen atoms in total. The van der Waals surface area contributed by atoms with E-state index in [1.807, 2.05) is 31.2 Å². The van der Waals surface area contributed by atoms with Crippen LogP contribution in [-0.2, 0) is 9.59 Å². The van der Waals surface area contributed by atoms with Gasteiger partial charge >= 0.3 is 0 Å². The number of ether oxygens (including phenoxy) is 1. The quantitative estimate of drug-likeness (QED) is 0.149. The Hall–Kier alpha value is -2.57. The summed E-state index contributed by atoms with van der Waals surface area (Å²) in [5, 5.41) is 12.6. The van der Waals surface area contributed by atoms with Crippen LogP contribution < -0.4 is 20.4 Å². The normalized spacial score (nSPS) is 16.8. The number of rotatable bonds is 21. The molecule has 0 fully saturated rings. The van der Waals surface area contributed by atoms with E-state index in [4.69, 9.17) is 9.84 Å². The van der Waals surface area contributed by atoms with Crippen LogP contribution in [0.4, 0.5) is 5.69 Å². The molecular formula is C34H58N4O3. The highest BCUT2D eigenvalue weighted by atomic mass is 16.5. The minimum atomic E-state index is -0.983. The zero-order chi connectivity index (χ0) is 30.1. The van der Waals surface area contributed by atoms with Gasteiger partial charge in [-0.05, 0) is 62.3 Å². The van der Waals surface area contributed by atoms with Gasteiger partial charge in [0.2, 0.25) is 5.91 Å². The number of benzene rings is 1. The Kier molecular flexibility index (Phi) is 15.9. The maximum Gasteiger partial charge on any atom is 0.267 e. The molecule has 0 aromatic heterocycles. The first kappa shape index (κ1) is 34.6. The molecule has 2 N–H and O–H groups in total. The lowest BCUT2D eigenvalue weighted by Crippen LogP contribution is -2.53. The summed E-state index contributed by atoms with van der Waals surface area (Å²) in [6, 6.07) is 7.72. The molecule has 1 aromatic carbocycles. The number of anilines is 1. The Balaban J connectivity index is 2.04. The Morgan fingerprint density at radius 1 is 0.854 bits per heavy atom. The predicted octanol–water partition coefficient (Wildman–Crippen LogP) is 7.64. The largest absolute Gasteiger partial charge is 0.494 e. The number of carbonyl (C=O) groups excluding carboxylic acids is 2. The topological polar surface area (TPSA) is 83.0 Å². The lowest BCUT2D eigenvalue weighted by molar-refractivity contribution is -0.125. The third kappa shape index (κ3) is 12.5. The number of nitrogens with one attached hydrogen (secondary N) is 2. The summed E-state index contributed by atoms with van der Waals surface area (Å²) in [7, 11) is 0. The van der Waals surface area contributed by atoms with Crippen LogP contribution in [-0.4, -0.2) is 42.8 Å². The van der Waals surface area contributed by atoms with E-state index < -0.39 is 5.54 Å². The fourth-order valence-electron chi connectivity index (χ4n) is 5.12. The zero-order valence-electron chi connectivity index (χ0n) is 26.9. The number of nitrogens with zero attached hydrogens (tertiary/aromatic N) is 2. The fourth-order valence-corrected chi connectivity index (χ4v) is 5.12. The number of hydrogen-bond acceptors (Lipinski definition) is 5. The molecule has 41 heavy (non-hydrogen) atoms. The van der Waals surface area contributed by atoms with Gasteiger partial charge in [-0.25, -0.2) is 5.01 Å². The van der Waals surface area contributed by atoms with Crippen LogP contribution in [0.15, 0.2) is 29.4 Å². The van der Waals surface area contributed by atoms with E-state index in [-0.39, 0.29) is 18.2 Å². The molecule has 1 aromatic rings. The van der Waals surface area contributed by atoms with Crippen molar-refractivity contribution in [3.63, 3.8) is 0 Å². The second-order valence-electron chi connectivity index (χ2n) is 12.7. The van der Waals surface area contributed by atoms with Gasteiger partial charge in [0.1, 0.15) is 17.0 Å². The van der Waals surface area contributed by atoms with E-state index in [1.54, 1.807) is 5.01 Å². The van der Waals surface area contributed by atoms with E-state index in [9.17, 15) is 9.59 Å². The molecule has 1 aliphatic rings. The number of unbranched alkanes of at least 4 members (excludes halogenated alkanes) is 7. The van der Waals surface area contributed by atoms with Gasteiger partial charge in [-0.2, -0.15) is 5.10 Å². The molecule has 232 valence electrons. The van der Waals surface area contributed by atoms with E-state index in [0.717, 1.165) is 56.4 Å². The molecule has 0 bridgehead atoms. The van der Waals surface area contributed by atoms with E-state index in [2.05, 4.69) is 45.3 Å². The Labute approximate surface area is 250 Å². The smallest absolute Gasteiger partial charge is 0.267 e. The second-order valence-corrected chi connectivity index (χ2v) is 12.7. The highest BCUT2D eigenvalue weighted by molar-refractivity contribution is 6.40. The highest BCUT2D eigenvalue weighted by Crippen LogP contribution is 2.34. The van der Waals surface area contributed by atoms with Gasteiger partial charge in [0.25, 0.3) is 5.91 Å². The Morgan fingerprint density at radius 3 is 2.05 bits per heavy atom. The molecule has 0 aliphatic carbocycles. The van der Waals surface area contributed by atoms with Gasteiger partial charge in [0, 0.05) is 19.5 Å². The molecule has 1 unspecified atom stereocenters. The van der Waals surface area contributed by atoms with Crippen LogP contribution in [0.5, 0.6) is 5.75 Å². The molecule has 0 radical (unpaired) electrons. The second kappa shape index (κ2) is 18.8. The van der Waals surface area contributed by atoms with Crippen molar-refractivity contribution in [3.8, 4) is 5.75 Å². The number of carbonyl (C=O) groups is 2. The van der Waals surface area contributed by atoms with Crippen molar-refractivity contribution in [1.82, 2.24) is 10.6 Å². The zero-order valence-corrected chi connectivity index (χ0v) is 26.9. The maximum absolute atomic E-state index is 13.5. The molecule has 0 saturated carbocycles. The van der Waals surface area contributed by atoms with Crippen molar-refractivity contribution >= 4 is 23.2 Å². The number of hydrazone groups is 1. The minimum Gasteiger partial charge on any atom is -0.494 e. The van der Waals surface area contributed by atoms with Crippen molar-refractivity contribution < 1.29 is 14.3 Å². The van der Waals surface area contributed by atoms with Crippen molar-refractivity contribution in [1.29, 1.82) is 0 Å². The standard InChI is InChI=1S/C34H58N4O3/c1-7-8-9-10-11-16-25-41-30-21-19-29(20-22-30)38-34(6,33(40)36-24-15-13-18-28(4)5)26-31(37-38)32(39)35-23-14-12-17-27(2)3/h19-22,27-28H,7-18,23-26H2,1-6H3,(H,35,39)(H,36,40). The molecule has 1 aliphatic heterocycles. The highest BCUT2D eigenvalue weighted by Gasteiger charge is 2.47. The first-order valence-electron chi connectivity index (χ1n) is 16.3. The van der Waals surface area contributed by atoms with Crippen molar-refractivity contribution in [2.24, 2.45) is 16.9 Å². The summed E-state index contributed by atoms with van der Waals surface area (Å²) in [6.07, 6.45) is 14.0. The van der Waals surface area contributed by atoms with Crippen molar-refractivity contribution in [2.45, 2.75) is 131 Å². The first-order chi connectivity index (χ1) is 19.7. The summed E-state index contributed by atoms with van der Waals surface area (Å²) in [5.74, 6) is 1.84. The van der Waals surface area contributed by atoms with Crippen LogP contribution in [0.3, 0.4) is 0 Å². The van der Waals surface area contributed by atoms with Gasteiger partial charge in [-0.1, -0.05) is 92.4 Å². The molecule has 2 amide bonds. The van der Waals surface area contributed by atoms with Gasteiger partial charge in [0.15, 0.2) is 0 Å². The van der Waals surface area contributed by atoms with Crippen LogP contribution in [0, 0.1) is 11.8 Å². The SMILES string of the molecule is CCCCCCCCOc1ccc(N2N=C(C(=O)NCCCCC(C)C)CC2(C)C(=O)NCCCCC(C)C)cc1. The fraction of sp³-hybridized carbons (Fsp3) is 0.735. The minimum absolute atomic E-state index is 0.103. The monoisotopic (exact) mass is 570 g/mol. The number of amides is 2. The van der Waals surface area contributed by atoms with Crippen molar-refractivity contribution in [3.05, 3.63) is 24.3 Å². The van der Waals surface area contributed by atoms with E-state index in [0.29, 0.717) is 37.2 Å². The molecular weight excluding hydrogens is 512 g/mol. The summed E-state index contributed by atoms with van der Waals surface area (Å²) in [5.41, 5.74) is 0.187. The molecule has 1 atom stereocenters. The summed E-state index contributed by atoms with van der Waals surface area (Å²) >= 11 is 0. The Bertz CT molecular complexity index is 928. The van der Waals surface area contributed by atoms with Crippen LogP contribution in [0.25, 0.3) is 0 Å². The average molecular weight is 571 g/mol. The summed E-state index contributed by atoms with van der Waals surface area (Å²) < 4.78 is 5.96. The molecule has 1 heterocycles. The molecule has 0 spiro atoms. The summed E-state index contributed by atoms with van der Waals surface area (Å²) in [4.78, 5) is 26.6. The molecule has 0 saturated heterocycles. The molecule has 2 rings (SSSR count). The third-order valence-electron chi connectivity index (χ3n) is 7.79. The van der Waals surface area contributed by atoms with Gasteiger partial charge in [-0.15, -0.1) is 0 Å². The third-order valence-corrected chi connectivity index (χ3v) is 7.79. The van der Waals surface area contributed by atoms with Crippen LogP contribution in [0.1, 0.15) is 125 Å². The van der Waals surface area contributed by atoms with Gasteiger partial charge < -0.3 is 15.4 Å². The average Bonchev–Trinajstić information content (AvgIpc) is 3.30. The molecule has 7 heteroatoms. The first-order valence-corrected chi connectivity index (χ1v) is 16.3. The van der Waals surface area contributed by atoms with E-state index >= 15 is 0 Å². The van der Waals surface area contributed by atoms with Crippen LogP contribution >= 0.6 is 0 Å². The summed E-state index contributed by atoms with van der Waals surface area (Å²) in [6.45, 7) is 14.9.